The Morgan fingerprint density at radius 2 is 2.11 bits per heavy atom. The van der Waals surface area contributed by atoms with Crippen LogP contribution in [0.3, 0.4) is 0 Å². The molecule has 0 aliphatic carbocycles. The van der Waals surface area contributed by atoms with Gasteiger partial charge < -0.3 is 0 Å². The molecule has 0 atom stereocenters. The first-order chi connectivity index (χ1) is 8.74. The number of hydrogen-bond acceptors (Lipinski definition) is 3. The van der Waals surface area contributed by atoms with Crippen LogP contribution in [-0.2, 0) is 4.79 Å². The number of rotatable bonds is 8. The molecule has 100 valence electrons. The van der Waals surface area contributed by atoms with Crippen LogP contribution in [0, 0.1) is 0 Å². The second-order valence-electron chi connectivity index (χ2n) is 4.37. The average molecular weight is 266 g/mol. The van der Waals surface area contributed by atoms with E-state index in [1.807, 2.05) is 24.4 Å². The third kappa shape index (κ3) is 5.96. The topological polar surface area (TPSA) is 41.5 Å². The average Bonchev–Trinajstić information content (AvgIpc) is 2.89. The molecule has 0 aliphatic rings. The zero-order chi connectivity index (χ0) is 13.2. The first-order valence-corrected chi connectivity index (χ1v) is 7.49. The molecule has 0 radical (unpaired) electrons. The SMILES string of the molecule is CCCCCCCC(=O)N/N=C(/C)c1cccs1. The maximum absolute atomic E-state index is 11.5. The summed E-state index contributed by atoms with van der Waals surface area (Å²) in [6.07, 6.45) is 6.38. The molecule has 1 rings (SSSR count). The van der Waals surface area contributed by atoms with Crippen LogP contribution in [0.25, 0.3) is 0 Å². The minimum absolute atomic E-state index is 0.0161. The molecular weight excluding hydrogens is 244 g/mol. The Labute approximate surface area is 113 Å². The Balaban J connectivity index is 2.18. The van der Waals surface area contributed by atoms with Gasteiger partial charge in [0.1, 0.15) is 0 Å². The van der Waals surface area contributed by atoms with E-state index < -0.39 is 0 Å². The molecule has 0 unspecified atom stereocenters. The third-order valence-corrected chi connectivity index (χ3v) is 3.71. The Morgan fingerprint density at radius 3 is 2.78 bits per heavy atom. The number of nitrogens with zero attached hydrogens (tertiary/aromatic N) is 1. The van der Waals surface area contributed by atoms with Crippen LogP contribution in [0.15, 0.2) is 22.6 Å². The summed E-state index contributed by atoms with van der Waals surface area (Å²) in [5.41, 5.74) is 3.48. The van der Waals surface area contributed by atoms with Gasteiger partial charge in [0.15, 0.2) is 0 Å². The van der Waals surface area contributed by atoms with Gasteiger partial charge in [0.25, 0.3) is 0 Å². The van der Waals surface area contributed by atoms with E-state index in [9.17, 15) is 4.79 Å². The van der Waals surface area contributed by atoms with Crippen LogP contribution in [0.4, 0.5) is 0 Å². The van der Waals surface area contributed by atoms with Gasteiger partial charge in [-0.1, -0.05) is 38.7 Å². The number of thiophene rings is 1. The van der Waals surface area contributed by atoms with Gasteiger partial charge in [-0.05, 0) is 24.8 Å². The van der Waals surface area contributed by atoms with Crippen molar-refractivity contribution in [3.63, 3.8) is 0 Å². The van der Waals surface area contributed by atoms with Gasteiger partial charge in [-0.25, -0.2) is 5.43 Å². The normalized spacial score (nSPS) is 11.6. The van der Waals surface area contributed by atoms with Crippen molar-refractivity contribution in [2.45, 2.75) is 52.4 Å². The predicted molar refractivity (Wildman–Crippen MR) is 78.0 cm³/mol. The first-order valence-electron chi connectivity index (χ1n) is 6.61. The van der Waals surface area contributed by atoms with Crippen LogP contribution in [0.5, 0.6) is 0 Å². The Bertz CT molecular complexity index is 371. The van der Waals surface area contributed by atoms with E-state index in [0.717, 1.165) is 23.4 Å². The Kier molecular flexibility index (Phi) is 7.34. The highest BCUT2D eigenvalue weighted by Crippen LogP contribution is 2.09. The fraction of sp³-hybridized carbons (Fsp3) is 0.571. The molecule has 1 heterocycles. The lowest BCUT2D eigenvalue weighted by molar-refractivity contribution is -0.121. The van der Waals surface area contributed by atoms with Crippen molar-refractivity contribution in [3.8, 4) is 0 Å². The predicted octanol–water partition coefficient (Wildman–Crippen LogP) is 3.95. The summed E-state index contributed by atoms with van der Waals surface area (Å²) in [6, 6.07) is 3.98. The number of amides is 1. The molecule has 1 aromatic rings. The van der Waals surface area contributed by atoms with Crippen molar-refractivity contribution in [2.75, 3.05) is 0 Å². The molecule has 1 N–H and O–H groups in total. The van der Waals surface area contributed by atoms with E-state index >= 15 is 0 Å². The van der Waals surface area contributed by atoms with Crippen molar-refractivity contribution in [1.82, 2.24) is 5.43 Å². The summed E-state index contributed by atoms with van der Waals surface area (Å²) in [6.45, 7) is 4.10. The summed E-state index contributed by atoms with van der Waals surface area (Å²) in [7, 11) is 0. The Hall–Kier alpha value is -1.16. The van der Waals surface area contributed by atoms with Crippen LogP contribution in [-0.4, -0.2) is 11.6 Å². The Morgan fingerprint density at radius 1 is 1.33 bits per heavy atom. The lowest BCUT2D eigenvalue weighted by atomic mass is 10.1. The van der Waals surface area contributed by atoms with Gasteiger partial charge in [0.05, 0.1) is 5.71 Å². The van der Waals surface area contributed by atoms with E-state index in [0.29, 0.717) is 6.42 Å². The van der Waals surface area contributed by atoms with E-state index in [4.69, 9.17) is 0 Å². The largest absolute Gasteiger partial charge is 0.273 e. The first kappa shape index (κ1) is 14.9. The molecule has 0 fully saturated rings. The smallest absolute Gasteiger partial charge is 0.240 e. The highest BCUT2D eigenvalue weighted by molar-refractivity contribution is 7.12. The zero-order valence-electron chi connectivity index (χ0n) is 11.2. The van der Waals surface area contributed by atoms with Crippen molar-refractivity contribution in [1.29, 1.82) is 0 Å². The molecule has 0 aliphatic heterocycles. The van der Waals surface area contributed by atoms with Crippen LogP contribution in [0.1, 0.15) is 57.2 Å². The van der Waals surface area contributed by atoms with Crippen molar-refractivity contribution < 1.29 is 4.79 Å². The van der Waals surface area contributed by atoms with Gasteiger partial charge >= 0.3 is 0 Å². The molecule has 1 amide bonds. The monoisotopic (exact) mass is 266 g/mol. The quantitative estimate of drug-likeness (QED) is 0.432. The standard InChI is InChI=1S/C14H22N2OS/c1-3-4-5-6-7-10-14(17)16-15-12(2)13-9-8-11-18-13/h8-9,11H,3-7,10H2,1-2H3,(H,16,17)/b15-12-. The van der Waals surface area contributed by atoms with Gasteiger partial charge in [-0.3, -0.25) is 4.79 Å². The second kappa shape index (κ2) is 8.86. The molecular formula is C14H22N2OS. The fourth-order valence-corrected chi connectivity index (χ4v) is 2.31. The number of hydrogen-bond donors (Lipinski definition) is 1. The van der Waals surface area contributed by atoms with Crippen molar-refractivity contribution >= 4 is 23.0 Å². The molecule has 1 aromatic heterocycles. The van der Waals surface area contributed by atoms with Gasteiger partial charge in [-0.15, -0.1) is 11.3 Å². The third-order valence-electron chi connectivity index (χ3n) is 2.73. The molecule has 0 saturated heterocycles. The maximum Gasteiger partial charge on any atom is 0.240 e. The van der Waals surface area contributed by atoms with Crippen molar-refractivity contribution in [3.05, 3.63) is 22.4 Å². The summed E-state index contributed by atoms with van der Waals surface area (Å²) in [5.74, 6) is 0.0161. The summed E-state index contributed by atoms with van der Waals surface area (Å²) >= 11 is 1.63. The lowest BCUT2D eigenvalue weighted by Gasteiger charge is -2.01. The molecule has 4 heteroatoms. The minimum Gasteiger partial charge on any atom is -0.273 e. The molecule has 0 spiro atoms. The minimum atomic E-state index is 0.0161. The van der Waals surface area contributed by atoms with Crippen LogP contribution < -0.4 is 5.43 Å². The highest BCUT2D eigenvalue weighted by Gasteiger charge is 2.01. The number of carbonyl (C=O) groups is 1. The molecule has 18 heavy (non-hydrogen) atoms. The van der Waals surface area contributed by atoms with Crippen molar-refractivity contribution in [2.24, 2.45) is 5.10 Å². The van der Waals surface area contributed by atoms with E-state index in [1.165, 1.54) is 19.3 Å². The number of carbonyl (C=O) groups excluding carboxylic acids is 1. The second-order valence-corrected chi connectivity index (χ2v) is 5.32. The van der Waals surface area contributed by atoms with E-state index in [1.54, 1.807) is 11.3 Å². The fourth-order valence-electron chi connectivity index (χ4n) is 1.63. The molecule has 3 nitrogen and oxygen atoms in total. The zero-order valence-corrected chi connectivity index (χ0v) is 12.1. The van der Waals surface area contributed by atoms with Gasteiger partial charge in [-0.2, -0.15) is 5.10 Å². The number of nitrogens with one attached hydrogen (secondary N) is 1. The highest BCUT2D eigenvalue weighted by atomic mass is 32.1. The van der Waals surface area contributed by atoms with E-state index in [2.05, 4.69) is 17.5 Å². The van der Waals surface area contributed by atoms with Gasteiger partial charge in [0.2, 0.25) is 5.91 Å². The lowest BCUT2D eigenvalue weighted by Crippen LogP contribution is -2.18. The number of hydrazone groups is 1. The summed E-state index contributed by atoms with van der Waals surface area (Å²) in [4.78, 5) is 12.6. The number of unbranched alkanes of at least 4 members (excludes halogenated alkanes) is 4. The maximum atomic E-state index is 11.5. The molecule has 0 saturated carbocycles. The summed E-state index contributed by atoms with van der Waals surface area (Å²) < 4.78 is 0. The molecule has 0 aromatic carbocycles. The van der Waals surface area contributed by atoms with Crippen LogP contribution >= 0.6 is 11.3 Å². The van der Waals surface area contributed by atoms with Gasteiger partial charge in [0, 0.05) is 11.3 Å². The molecule has 0 bridgehead atoms. The van der Waals surface area contributed by atoms with E-state index in [-0.39, 0.29) is 5.91 Å². The van der Waals surface area contributed by atoms with Crippen LogP contribution in [0.2, 0.25) is 0 Å². The summed E-state index contributed by atoms with van der Waals surface area (Å²) in [5, 5.41) is 6.11.